The van der Waals surface area contributed by atoms with Gasteiger partial charge in [0.15, 0.2) is 0 Å². The zero-order chi connectivity index (χ0) is 23.3. The van der Waals surface area contributed by atoms with Gasteiger partial charge in [0.1, 0.15) is 17.3 Å². The Hall–Kier alpha value is -1.91. The van der Waals surface area contributed by atoms with Crippen molar-refractivity contribution < 1.29 is 70.9 Å². The van der Waals surface area contributed by atoms with E-state index in [0.29, 0.717) is 0 Å². The third-order valence-corrected chi connectivity index (χ3v) is 2.21. The van der Waals surface area contributed by atoms with E-state index in [-0.39, 0.29) is 64.4 Å². The SMILES string of the molecule is CC(C)O.CCC(=O)CC(=O)[O-].CCC(=O)CC(=O)[O-].CCC(=O)CC(=O)[O-].[Ti+3]. The summed E-state index contributed by atoms with van der Waals surface area (Å²) in [6.45, 7) is 8.29. The molecule has 0 heterocycles. The average Bonchev–Trinajstić information content (AvgIpc) is 2.53. The van der Waals surface area contributed by atoms with Crippen LogP contribution < -0.4 is 15.3 Å². The molecule has 0 saturated carbocycles. The second-order valence-corrected chi connectivity index (χ2v) is 5.42. The van der Waals surface area contributed by atoms with Gasteiger partial charge in [-0.1, -0.05) is 20.8 Å². The minimum atomic E-state index is -1.29. The average molecular weight is 453 g/mol. The number of hydrogen-bond acceptors (Lipinski definition) is 10. The standard InChI is InChI=1S/3C5H8O3.C3H8O.Ti/c3*1-2-4(6)3-5(7)8;1-3(2)4;/h3*2-3H2,1H3,(H,7,8);3-4H,1-2H3;/q;;;;+3/p-3. The maximum Gasteiger partial charge on any atom is 3.00 e. The molecule has 0 unspecified atom stereocenters. The number of rotatable bonds is 9. The summed E-state index contributed by atoms with van der Waals surface area (Å²) in [6.07, 6.45) is -0.695. The molecule has 0 aliphatic carbocycles. The summed E-state index contributed by atoms with van der Waals surface area (Å²) >= 11 is 0. The molecule has 0 aromatic heterocycles. The monoisotopic (exact) mass is 453 g/mol. The smallest absolute Gasteiger partial charge is 0.550 e. The molecular weight excluding hydrogens is 424 g/mol. The first-order valence-corrected chi connectivity index (χ1v) is 8.55. The predicted molar refractivity (Wildman–Crippen MR) is 92.1 cm³/mol. The largest absolute Gasteiger partial charge is 3.00 e. The fourth-order valence-electron chi connectivity index (χ4n) is 0.858. The summed E-state index contributed by atoms with van der Waals surface area (Å²) in [5.74, 6) is -4.74. The molecule has 0 amide bonds. The first-order valence-electron chi connectivity index (χ1n) is 8.55. The fraction of sp³-hybridized carbons (Fsp3) is 0.667. The van der Waals surface area contributed by atoms with Crippen molar-refractivity contribution in [3.63, 3.8) is 0 Å². The van der Waals surface area contributed by atoms with Gasteiger partial charge in [-0.2, -0.15) is 0 Å². The van der Waals surface area contributed by atoms with Crippen LogP contribution in [0.25, 0.3) is 0 Å². The fourth-order valence-corrected chi connectivity index (χ4v) is 0.858. The van der Waals surface area contributed by atoms with Gasteiger partial charge in [-0.3, -0.25) is 14.4 Å². The molecule has 165 valence electrons. The molecule has 10 nitrogen and oxygen atoms in total. The van der Waals surface area contributed by atoms with Gasteiger partial charge in [-0.05, 0) is 13.8 Å². The quantitative estimate of drug-likeness (QED) is 0.293. The van der Waals surface area contributed by atoms with Gasteiger partial charge in [0.25, 0.3) is 0 Å². The van der Waals surface area contributed by atoms with Gasteiger partial charge in [-0.25, -0.2) is 0 Å². The number of Topliss-reactive ketones (excluding diaryl/α,β-unsaturated/α-hetero) is 3. The summed E-state index contributed by atoms with van der Waals surface area (Å²) in [6, 6.07) is 0. The number of carboxylic acids is 3. The molecule has 1 N–H and O–H groups in total. The van der Waals surface area contributed by atoms with E-state index in [1.165, 1.54) is 0 Å². The van der Waals surface area contributed by atoms with Crippen LogP contribution in [-0.2, 0) is 50.5 Å². The van der Waals surface area contributed by atoms with E-state index >= 15 is 0 Å². The number of hydrogen-bond donors (Lipinski definition) is 1. The van der Waals surface area contributed by atoms with Crippen molar-refractivity contribution in [3.8, 4) is 0 Å². The van der Waals surface area contributed by atoms with Crippen molar-refractivity contribution in [1.82, 2.24) is 0 Å². The second-order valence-electron chi connectivity index (χ2n) is 5.42. The van der Waals surface area contributed by atoms with E-state index in [0.717, 1.165) is 0 Å². The molecule has 0 saturated heterocycles. The molecule has 0 rings (SSSR count). The van der Waals surface area contributed by atoms with Gasteiger partial charge in [0.05, 0.1) is 0 Å². The van der Waals surface area contributed by atoms with E-state index < -0.39 is 37.2 Å². The molecule has 0 aliphatic rings. The predicted octanol–water partition coefficient (Wildman–Crippen LogP) is -2.30. The summed E-state index contributed by atoms with van der Waals surface area (Å²) in [5, 5.41) is 37.0. The topological polar surface area (TPSA) is 192 Å². The number of carbonyl (C=O) groups excluding carboxylic acids is 6. The van der Waals surface area contributed by atoms with Crippen LogP contribution in [0, 0.1) is 0 Å². The van der Waals surface area contributed by atoms with E-state index in [2.05, 4.69) is 0 Å². The molecule has 11 heteroatoms. The van der Waals surface area contributed by atoms with Gasteiger partial charge < -0.3 is 34.8 Å². The van der Waals surface area contributed by atoms with Crippen molar-refractivity contribution in [1.29, 1.82) is 0 Å². The Morgan fingerprint density at radius 2 is 0.759 bits per heavy atom. The van der Waals surface area contributed by atoms with E-state index in [9.17, 15) is 44.1 Å². The van der Waals surface area contributed by atoms with Crippen LogP contribution in [0.15, 0.2) is 0 Å². The molecule has 0 bridgehead atoms. The van der Waals surface area contributed by atoms with Crippen molar-refractivity contribution >= 4 is 35.3 Å². The van der Waals surface area contributed by atoms with E-state index in [1.54, 1.807) is 34.6 Å². The van der Waals surface area contributed by atoms with Crippen molar-refractivity contribution in [2.24, 2.45) is 0 Å². The van der Waals surface area contributed by atoms with Crippen LogP contribution in [0.2, 0.25) is 0 Å². The van der Waals surface area contributed by atoms with Crippen LogP contribution in [0.4, 0.5) is 0 Å². The van der Waals surface area contributed by atoms with Crippen LogP contribution in [0.5, 0.6) is 0 Å². The normalized spacial score (nSPS) is 8.38. The molecule has 29 heavy (non-hydrogen) atoms. The Morgan fingerprint density at radius 3 is 0.793 bits per heavy atom. The number of ketones is 3. The van der Waals surface area contributed by atoms with E-state index in [1.807, 2.05) is 0 Å². The van der Waals surface area contributed by atoms with Crippen molar-refractivity contribution in [3.05, 3.63) is 0 Å². The van der Waals surface area contributed by atoms with Gasteiger partial charge in [-0.15, -0.1) is 0 Å². The maximum atomic E-state index is 10.2. The Bertz CT molecular complexity index is 432. The number of aliphatic hydroxyl groups is 1. The number of carboxylic acid groups (broad SMARTS) is 3. The summed E-state index contributed by atoms with van der Waals surface area (Å²) < 4.78 is 0. The van der Waals surface area contributed by atoms with Crippen LogP contribution in [0.3, 0.4) is 0 Å². The van der Waals surface area contributed by atoms with Gasteiger partial charge >= 0.3 is 21.7 Å². The maximum absolute atomic E-state index is 10.2. The number of carbonyl (C=O) groups is 6. The Labute approximate surface area is 185 Å². The Balaban J connectivity index is -0.0000000896. The molecular formula is C18H29O10Ti. The molecule has 0 atom stereocenters. The zero-order valence-corrected chi connectivity index (χ0v) is 19.0. The second kappa shape index (κ2) is 26.1. The summed E-state index contributed by atoms with van der Waals surface area (Å²) in [5.41, 5.74) is 0. The number of aliphatic hydroxyl groups excluding tert-OH is 1. The third-order valence-electron chi connectivity index (χ3n) is 2.21. The van der Waals surface area contributed by atoms with Crippen LogP contribution >= 0.6 is 0 Å². The van der Waals surface area contributed by atoms with Crippen molar-refractivity contribution in [2.75, 3.05) is 0 Å². The minimum absolute atomic E-state index is 0. The zero-order valence-electron chi connectivity index (χ0n) is 17.4. The Morgan fingerprint density at radius 1 is 0.621 bits per heavy atom. The van der Waals surface area contributed by atoms with Crippen molar-refractivity contribution in [2.45, 2.75) is 79.2 Å². The minimum Gasteiger partial charge on any atom is -0.550 e. The van der Waals surface area contributed by atoms with Crippen LogP contribution in [-0.4, -0.2) is 46.5 Å². The first-order chi connectivity index (χ1) is 12.7. The first kappa shape index (κ1) is 37.8. The van der Waals surface area contributed by atoms with E-state index in [4.69, 9.17) is 5.11 Å². The number of aliphatic carboxylic acids is 3. The summed E-state index contributed by atoms with van der Waals surface area (Å²) in [7, 11) is 0. The van der Waals surface area contributed by atoms with Crippen LogP contribution in [0.1, 0.15) is 73.1 Å². The molecule has 0 spiro atoms. The third kappa shape index (κ3) is 58.5. The molecule has 0 aliphatic heterocycles. The Kier molecular flexibility index (Phi) is 34.0. The molecule has 0 aromatic rings. The molecule has 1 radical (unpaired) electrons. The van der Waals surface area contributed by atoms with Gasteiger partial charge in [0, 0.05) is 62.5 Å². The molecule has 0 fully saturated rings. The molecule has 0 aromatic carbocycles. The van der Waals surface area contributed by atoms with Gasteiger partial charge in [0.2, 0.25) is 0 Å². The summed E-state index contributed by atoms with van der Waals surface area (Å²) in [4.78, 5) is 59.5.